The van der Waals surface area contributed by atoms with Gasteiger partial charge in [0.1, 0.15) is 0 Å². The van der Waals surface area contributed by atoms with Crippen LogP contribution in [0.25, 0.3) is 0 Å². The Bertz CT molecular complexity index is 323. The number of hydrogen-bond acceptors (Lipinski definition) is 4. The SMILES string of the molecule is O=C(O)C1CCC(CSc2cccs2)O1. The highest BCUT2D eigenvalue weighted by atomic mass is 32.2. The smallest absolute Gasteiger partial charge is 0.332 e. The van der Waals surface area contributed by atoms with Crippen LogP contribution in [0.2, 0.25) is 0 Å². The van der Waals surface area contributed by atoms with Gasteiger partial charge in [0.05, 0.1) is 10.3 Å². The number of thioether (sulfide) groups is 1. The summed E-state index contributed by atoms with van der Waals surface area (Å²) in [7, 11) is 0. The highest BCUT2D eigenvalue weighted by Gasteiger charge is 2.30. The molecule has 1 saturated heterocycles. The second kappa shape index (κ2) is 5.01. The summed E-state index contributed by atoms with van der Waals surface area (Å²) in [5.74, 6) is 0.0169. The zero-order valence-electron chi connectivity index (χ0n) is 8.09. The Labute approximate surface area is 96.4 Å². The maximum Gasteiger partial charge on any atom is 0.332 e. The molecular weight excluding hydrogens is 232 g/mol. The largest absolute Gasteiger partial charge is 0.479 e. The molecule has 0 bridgehead atoms. The molecule has 1 aromatic heterocycles. The van der Waals surface area contributed by atoms with Crippen molar-refractivity contribution in [3.05, 3.63) is 17.5 Å². The van der Waals surface area contributed by atoms with Crippen LogP contribution in [0, 0.1) is 0 Å². The van der Waals surface area contributed by atoms with Gasteiger partial charge in [-0.1, -0.05) is 6.07 Å². The van der Waals surface area contributed by atoms with Crippen LogP contribution in [0.3, 0.4) is 0 Å². The lowest BCUT2D eigenvalue weighted by Crippen LogP contribution is -2.21. The molecule has 2 rings (SSSR count). The van der Waals surface area contributed by atoms with Gasteiger partial charge in [0.2, 0.25) is 0 Å². The van der Waals surface area contributed by atoms with Crippen LogP contribution in [0.15, 0.2) is 21.7 Å². The number of aliphatic carboxylic acids is 1. The van der Waals surface area contributed by atoms with E-state index in [4.69, 9.17) is 9.84 Å². The normalized spacial score (nSPS) is 25.6. The molecule has 1 aromatic rings. The molecule has 2 unspecified atom stereocenters. The maximum absolute atomic E-state index is 10.7. The fourth-order valence-corrected chi connectivity index (χ4v) is 3.39. The van der Waals surface area contributed by atoms with E-state index in [9.17, 15) is 4.79 Å². The first-order chi connectivity index (χ1) is 7.25. The first-order valence-electron chi connectivity index (χ1n) is 4.80. The molecule has 0 radical (unpaired) electrons. The number of rotatable bonds is 4. The molecule has 1 aliphatic heterocycles. The quantitative estimate of drug-likeness (QED) is 0.826. The highest BCUT2D eigenvalue weighted by molar-refractivity contribution is 8.01. The van der Waals surface area contributed by atoms with E-state index in [1.54, 1.807) is 23.1 Å². The molecule has 0 aromatic carbocycles. The minimum absolute atomic E-state index is 0.0956. The molecule has 1 fully saturated rings. The van der Waals surface area contributed by atoms with Gasteiger partial charge in [0, 0.05) is 5.75 Å². The summed E-state index contributed by atoms with van der Waals surface area (Å²) in [6.45, 7) is 0. The molecule has 1 N–H and O–H groups in total. The third kappa shape index (κ3) is 2.96. The zero-order chi connectivity index (χ0) is 10.7. The van der Waals surface area contributed by atoms with Crippen LogP contribution in [0.1, 0.15) is 12.8 Å². The number of thiophene rings is 1. The maximum atomic E-state index is 10.7. The van der Waals surface area contributed by atoms with Gasteiger partial charge in [-0.2, -0.15) is 0 Å². The van der Waals surface area contributed by atoms with Crippen molar-refractivity contribution in [1.82, 2.24) is 0 Å². The third-order valence-corrected chi connectivity index (χ3v) is 4.55. The van der Waals surface area contributed by atoms with E-state index < -0.39 is 12.1 Å². The minimum Gasteiger partial charge on any atom is -0.479 e. The van der Waals surface area contributed by atoms with Crippen molar-refractivity contribution in [2.75, 3.05) is 5.75 Å². The summed E-state index contributed by atoms with van der Waals surface area (Å²) in [6, 6.07) is 4.08. The third-order valence-electron chi connectivity index (χ3n) is 2.29. The summed E-state index contributed by atoms with van der Waals surface area (Å²) in [4.78, 5) is 10.7. The molecule has 3 nitrogen and oxygen atoms in total. The Hall–Kier alpha value is -0.520. The fourth-order valence-electron chi connectivity index (χ4n) is 1.53. The lowest BCUT2D eigenvalue weighted by Gasteiger charge is -2.09. The highest BCUT2D eigenvalue weighted by Crippen LogP contribution is 2.29. The van der Waals surface area contributed by atoms with Gasteiger partial charge in [-0.3, -0.25) is 0 Å². The van der Waals surface area contributed by atoms with E-state index in [0.29, 0.717) is 6.42 Å². The Morgan fingerprint density at radius 1 is 1.67 bits per heavy atom. The van der Waals surface area contributed by atoms with Gasteiger partial charge < -0.3 is 9.84 Å². The molecule has 82 valence electrons. The number of carboxylic acids is 1. The Morgan fingerprint density at radius 3 is 3.13 bits per heavy atom. The molecule has 5 heteroatoms. The molecule has 0 saturated carbocycles. The van der Waals surface area contributed by atoms with E-state index >= 15 is 0 Å². The predicted octanol–water partition coefficient (Wildman–Crippen LogP) is 2.47. The van der Waals surface area contributed by atoms with Crippen molar-refractivity contribution in [2.24, 2.45) is 0 Å². The van der Waals surface area contributed by atoms with Crippen LogP contribution in [-0.4, -0.2) is 29.0 Å². The average molecular weight is 244 g/mol. The first-order valence-corrected chi connectivity index (χ1v) is 6.67. The van der Waals surface area contributed by atoms with Crippen LogP contribution in [-0.2, 0) is 9.53 Å². The van der Waals surface area contributed by atoms with E-state index in [2.05, 4.69) is 6.07 Å². The second-order valence-electron chi connectivity index (χ2n) is 3.41. The van der Waals surface area contributed by atoms with Crippen molar-refractivity contribution in [2.45, 2.75) is 29.3 Å². The second-order valence-corrected chi connectivity index (χ2v) is 5.67. The topological polar surface area (TPSA) is 46.5 Å². The Morgan fingerprint density at radius 2 is 2.53 bits per heavy atom. The van der Waals surface area contributed by atoms with Crippen LogP contribution >= 0.6 is 23.1 Å². The monoisotopic (exact) mass is 244 g/mol. The first kappa shape index (κ1) is 11.0. The van der Waals surface area contributed by atoms with Gasteiger partial charge in [-0.05, 0) is 24.3 Å². The Balaban J connectivity index is 1.75. The average Bonchev–Trinajstić information content (AvgIpc) is 2.86. The molecule has 0 amide bonds. The fraction of sp³-hybridized carbons (Fsp3) is 0.500. The molecule has 2 atom stereocenters. The molecule has 0 aliphatic carbocycles. The summed E-state index contributed by atoms with van der Waals surface area (Å²) in [5.41, 5.74) is 0. The van der Waals surface area contributed by atoms with Crippen LogP contribution < -0.4 is 0 Å². The number of ether oxygens (including phenoxy) is 1. The van der Waals surface area contributed by atoms with Crippen molar-refractivity contribution >= 4 is 29.1 Å². The van der Waals surface area contributed by atoms with Crippen molar-refractivity contribution in [3.63, 3.8) is 0 Å². The number of hydrogen-bond donors (Lipinski definition) is 1. The molecule has 2 heterocycles. The van der Waals surface area contributed by atoms with E-state index in [0.717, 1.165) is 12.2 Å². The van der Waals surface area contributed by atoms with Gasteiger partial charge >= 0.3 is 5.97 Å². The summed E-state index contributed by atoms with van der Waals surface area (Å²) >= 11 is 3.44. The molecular formula is C10H12O3S2. The lowest BCUT2D eigenvalue weighted by molar-refractivity contribution is -0.148. The summed E-state index contributed by atoms with van der Waals surface area (Å²) < 4.78 is 6.67. The van der Waals surface area contributed by atoms with Crippen molar-refractivity contribution in [3.8, 4) is 0 Å². The zero-order valence-corrected chi connectivity index (χ0v) is 9.72. The van der Waals surface area contributed by atoms with Crippen molar-refractivity contribution < 1.29 is 14.6 Å². The van der Waals surface area contributed by atoms with Crippen molar-refractivity contribution in [1.29, 1.82) is 0 Å². The standard InChI is InChI=1S/C10H12O3S2/c11-10(12)8-4-3-7(13-8)6-15-9-2-1-5-14-9/h1-2,5,7-8H,3-4,6H2,(H,11,12). The van der Waals surface area contributed by atoms with Gasteiger partial charge in [0.15, 0.2) is 6.10 Å². The van der Waals surface area contributed by atoms with Crippen LogP contribution in [0.5, 0.6) is 0 Å². The van der Waals surface area contributed by atoms with E-state index in [1.165, 1.54) is 4.21 Å². The number of carboxylic acid groups (broad SMARTS) is 1. The van der Waals surface area contributed by atoms with Gasteiger partial charge in [-0.25, -0.2) is 4.79 Å². The summed E-state index contributed by atoms with van der Waals surface area (Å²) in [6.07, 6.45) is 1.01. The lowest BCUT2D eigenvalue weighted by atomic mass is 10.2. The summed E-state index contributed by atoms with van der Waals surface area (Å²) in [5, 5.41) is 10.8. The molecule has 0 spiro atoms. The number of carbonyl (C=O) groups is 1. The van der Waals surface area contributed by atoms with E-state index in [-0.39, 0.29) is 6.10 Å². The van der Waals surface area contributed by atoms with Gasteiger partial charge in [0.25, 0.3) is 0 Å². The van der Waals surface area contributed by atoms with Gasteiger partial charge in [-0.15, -0.1) is 23.1 Å². The predicted molar refractivity (Wildman–Crippen MR) is 60.6 cm³/mol. The van der Waals surface area contributed by atoms with E-state index in [1.807, 2.05) is 11.4 Å². The molecule has 15 heavy (non-hydrogen) atoms. The van der Waals surface area contributed by atoms with Crippen LogP contribution in [0.4, 0.5) is 0 Å². The molecule has 1 aliphatic rings. The Kier molecular flexibility index (Phi) is 3.66. The minimum atomic E-state index is -0.835.